The van der Waals surface area contributed by atoms with Crippen LogP contribution in [0, 0.1) is 5.41 Å². The monoisotopic (exact) mass is 280 g/mol. The van der Waals surface area contributed by atoms with Crippen LogP contribution >= 0.6 is 0 Å². The van der Waals surface area contributed by atoms with Gasteiger partial charge in [-0.2, -0.15) is 0 Å². The Morgan fingerprint density at radius 3 is 2.62 bits per heavy atom. The molecule has 0 radical (unpaired) electrons. The second-order valence-corrected chi connectivity index (χ2v) is 4.97. The van der Waals surface area contributed by atoms with Gasteiger partial charge in [-0.15, -0.1) is 0 Å². The lowest BCUT2D eigenvalue weighted by atomic mass is 10.1. The molecular weight excluding hydrogens is 268 g/mol. The van der Waals surface area contributed by atoms with Gasteiger partial charge in [-0.1, -0.05) is 24.3 Å². The molecular formula is C16H12N2O3. The highest BCUT2D eigenvalue weighted by Gasteiger charge is 2.32. The molecule has 0 spiro atoms. The van der Waals surface area contributed by atoms with Gasteiger partial charge in [-0.25, -0.2) is 0 Å². The van der Waals surface area contributed by atoms with E-state index in [1.807, 2.05) is 30.3 Å². The zero-order valence-electron chi connectivity index (χ0n) is 11.1. The number of fused-ring (bicyclic) bond motifs is 2. The van der Waals surface area contributed by atoms with Crippen molar-refractivity contribution in [3.05, 3.63) is 59.2 Å². The number of rotatable bonds is 2. The van der Waals surface area contributed by atoms with E-state index in [-0.39, 0.29) is 18.5 Å². The molecule has 4 rings (SSSR count). The lowest BCUT2D eigenvalue weighted by Gasteiger charge is -2.16. The van der Waals surface area contributed by atoms with Crippen molar-refractivity contribution in [2.45, 2.75) is 6.54 Å². The van der Waals surface area contributed by atoms with Crippen molar-refractivity contribution in [3.63, 3.8) is 0 Å². The van der Waals surface area contributed by atoms with Crippen LogP contribution in [0.3, 0.4) is 0 Å². The number of benzene rings is 2. The van der Waals surface area contributed by atoms with Gasteiger partial charge >= 0.3 is 0 Å². The van der Waals surface area contributed by atoms with Crippen LogP contribution in [0.25, 0.3) is 0 Å². The van der Waals surface area contributed by atoms with Crippen molar-refractivity contribution < 1.29 is 14.3 Å². The average Bonchev–Trinajstić information content (AvgIpc) is 3.06. The highest BCUT2D eigenvalue weighted by Crippen LogP contribution is 2.33. The predicted octanol–water partition coefficient (Wildman–Crippen LogP) is 2.40. The molecule has 0 saturated carbocycles. The molecule has 2 heterocycles. The first-order valence-corrected chi connectivity index (χ1v) is 6.62. The van der Waals surface area contributed by atoms with Gasteiger partial charge in [0.05, 0.1) is 12.1 Å². The minimum absolute atomic E-state index is 0.131. The lowest BCUT2D eigenvalue weighted by molar-refractivity contribution is 0.0852. The molecule has 104 valence electrons. The Balaban J connectivity index is 1.64. The van der Waals surface area contributed by atoms with E-state index in [4.69, 9.17) is 14.9 Å². The number of nitrogens with one attached hydrogen (secondary N) is 1. The fourth-order valence-electron chi connectivity index (χ4n) is 2.64. The van der Waals surface area contributed by atoms with Gasteiger partial charge < -0.3 is 9.47 Å². The molecule has 5 nitrogen and oxygen atoms in total. The average molecular weight is 280 g/mol. The Hall–Kier alpha value is -2.82. The van der Waals surface area contributed by atoms with Crippen molar-refractivity contribution in [3.8, 4) is 11.5 Å². The topological polar surface area (TPSA) is 62.6 Å². The maximum atomic E-state index is 12.4. The summed E-state index contributed by atoms with van der Waals surface area (Å²) in [6.07, 6.45) is 0. The Bertz CT molecular complexity index is 735. The van der Waals surface area contributed by atoms with E-state index in [1.165, 1.54) is 4.90 Å². The van der Waals surface area contributed by atoms with Crippen LogP contribution in [-0.2, 0) is 6.54 Å². The number of hydrogen-bond acceptors (Lipinski definition) is 4. The molecule has 2 aromatic rings. The van der Waals surface area contributed by atoms with Gasteiger partial charge in [-0.3, -0.25) is 15.1 Å². The minimum Gasteiger partial charge on any atom is -0.454 e. The maximum absolute atomic E-state index is 12.4. The lowest BCUT2D eigenvalue weighted by Crippen LogP contribution is -2.29. The Morgan fingerprint density at radius 2 is 1.81 bits per heavy atom. The van der Waals surface area contributed by atoms with Gasteiger partial charge in [0.25, 0.3) is 5.91 Å². The van der Waals surface area contributed by atoms with Gasteiger partial charge in [0.1, 0.15) is 5.84 Å². The summed E-state index contributed by atoms with van der Waals surface area (Å²) in [5, 5.41) is 8.17. The summed E-state index contributed by atoms with van der Waals surface area (Å²) in [4.78, 5) is 13.8. The molecule has 21 heavy (non-hydrogen) atoms. The van der Waals surface area contributed by atoms with Crippen molar-refractivity contribution in [1.82, 2.24) is 4.90 Å². The van der Waals surface area contributed by atoms with E-state index in [9.17, 15) is 4.79 Å². The van der Waals surface area contributed by atoms with E-state index in [2.05, 4.69) is 0 Å². The predicted molar refractivity (Wildman–Crippen MR) is 75.7 cm³/mol. The Kier molecular flexibility index (Phi) is 2.47. The van der Waals surface area contributed by atoms with Gasteiger partial charge in [0.15, 0.2) is 11.5 Å². The van der Waals surface area contributed by atoms with E-state index in [0.29, 0.717) is 29.2 Å². The largest absolute Gasteiger partial charge is 0.454 e. The molecule has 0 aromatic heterocycles. The standard InChI is InChI=1S/C16H12N2O3/c17-15-11-3-1-2-4-12(11)16(19)18(15)8-10-5-6-13-14(7-10)21-9-20-13/h1-7,17H,8-9H2. The molecule has 1 amide bonds. The summed E-state index contributed by atoms with van der Waals surface area (Å²) in [7, 11) is 0. The van der Waals surface area contributed by atoms with Crippen LogP contribution < -0.4 is 9.47 Å². The third-order valence-electron chi connectivity index (χ3n) is 3.71. The van der Waals surface area contributed by atoms with Gasteiger partial charge in [0.2, 0.25) is 6.79 Å². The molecule has 2 aliphatic rings. The van der Waals surface area contributed by atoms with Gasteiger partial charge in [-0.05, 0) is 23.8 Å². The van der Waals surface area contributed by atoms with Crippen LogP contribution in [0.4, 0.5) is 0 Å². The summed E-state index contributed by atoms with van der Waals surface area (Å²) >= 11 is 0. The molecule has 0 unspecified atom stereocenters. The molecule has 2 aromatic carbocycles. The second kappa shape index (κ2) is 4.34. The van der Waals surface area contributed by atoms with Gasteiger partial charge in [0, 0.05) is 5.56 Å². The Labute approximate surface area is 121 Å². The number of carbonyl (C=O) groups excluding carboxylic acids is 1. The van der Waals surface area contributed by atoms with Crippen LogP contribution in [0.5, 0.6) is 11.5 Å². The summed E-state index contributed by atoms with van der Waals surface area (Å²) in [6.45, 7) is 0.575. The number of ether oxygens (including phenoxy) is 2. The highest BCUT2D eigenvalue weighted by molar-refractivity contribution is 6.22. The summed E-state index contributed by atoms with van der Waals surface area (Å²) < 4.78 is 10.6. The highest BCUT2D eigenvalue weighted by atomic mass is 16.7. The minimum atomic E-state index is -0.131. The number of amidine groups is 1. The first-order valence-electron chi connectivity index (χ1n) is 6.62. The normalized spacial score (nSPS) is 15.5. The van der Waals surface area contributed by atoms with Crippen molar-refractivity contribution in [2.24, 2.45) is 0 Å². The first kappa shape index (κ1) is 12.0. The summed E-state index contributed by atoms with van der Waals surface area (Å²) in [6, 6.07) is 12.8. The van der Waals surface area contributed by atoms with E-state index >= 15 is 0 Å². The van der Waals surface area contributed by atoms with Crippen molar-refractivity contribution in [2.75, 3.05) is 6.79 Å². The zero-order chi connectivity index (χ0) is 14.4. The maximum Gasteiger partial charge on any atom is 0.260 e. The zero-order valence-corrected chi connectivity index (χ0v) is 11.1. The van der Waals surface area contributed by atoms with Crippen LogP contribution in [0.15, 0.2) is 42.5 Å². The molecule has 0 fully saturated rings. The summed E-state index contributed by atoms with van der Waals surface area (Å²) in [5.74, 6) is 1.51. The number of hydrogen-bond donors (Lipinski definition) is 1. The van der Waals surface area contributed by atoms with Crippen molar-refractivity contribution in [1.29, 1.82) is 5.41 Å². The Morgan fingerprint density at radius 1 is 1.05 bits per heavy atom. The van der Waals surface area contributed by atoms with E-state index < -0.39 is 0 Å². The molecule has 0 bridgehead atoms. The van der Waals surface area contributed by atoms with E-state index in [0.717, 1.165) is 5.56 Å². The second-order valence-electron chi connectivity index (χ2n) is 4.97. The van der Waals surface area contributed by atoms with Crippen LogP contribution in [-0.4, -0.2) is 23.4 Å². The molecule has 5 heteroatoms. The number of nitrogens with zero attached hydrogens (tertiary/aromatic N) is 1. The fraction of sp³-hybridized carbons (Fsp3) is 0.125. The molecule has 1 N–H and O–H groups in total. The third kappa shape index (κ3) is 1.78. The van der Waals surface area contributed by atoms with E-state index in [1.54, 1.807) is 12.1 Å². The molecule has 0 saturated heterocycles. The van der Waals surface area contributed by atoms with Crippen LogP contribution in [0.2, 0.25) is 0 Å². The molecule has 2 aliphatic heterocycles. The fourth-order valence-corrected chi connectivity index (χ4v) is 2.64. The smallest absolute Gasteiger partial charge is 0.260 e. The number of amides is 1. The van der Waals surface area contributed by atoms with Crippen molar-refractivity contribution >= 4 is 11.7 Å². The first-order chi connectivity index (χ1) is 10.2. The summed E-state index contributed by atoms with van der Waals surface area (Å²) in [5.41, 5.74) is 2.18. The SMILES string of the molecule is N=C1c2ccccc2C(=O)N1Cc1ccc2c(c1)OCO2. The molecule has 0 atom stereocenters. The quantitative estimate of drug-likeness (QED) is 0.918. The van der Waals surface area contributed by atoms with Crippen LogP contribution in [0.1, 0.15) is 21.5 Å². The molecule has 0 aliphatic carbocycles. The number of carbonyl (C=O) groups is 1. The third-order valence-corrected chi connectivity index (χ3v) is 3.71.